The number of aromatic nitrogens is 2. The number of thiophene rings is 1. The van der Waals surface area contributed by atoms with E-state index in [9.17, 15) is 14.9 Å². The molecule has 0 aliphatic heterocycles. The molecule has 0 fully saturated rings. The smallest absolute Gasteiger partial charge is 0.267 e. The van der Waals surface area contributed by atoms with Crippen LogP contribution in [-0.2, 0) is 5.75 Å². The maximum atomic E-state index is 13.2. The Morgan fingerprint density at radius 3 is 2.76 bits per heavy atom. The third kappa shape index (κ3) is 3.89. The third-order valence-corrected chi connectivity index (χ3v) is 6.82. The first-order chi connectivity index (χ1) is 14.0. The highest BCUT2D eigenvalue weighted by molar-refractivity contribution is 7.98. The number of halogens is 2. The average Bonchev–Trinajstić information content (AvgIpc) is 3.18. The first-order valence-electron chi connectivity index (χ1n) is 8.26. The topological polar surface area (TPSA) is 78.0 Å². The largest absolute Gasteiger partial charge is 0.276 e. The number of nitrogens with zero attached hydrogens (tertiary/aromatic N) is 3. The van der Waals surface area contributed by atoms with Crippen molar-refractivity contribution in [1.29, 1.82) is 0 Å². The summed E-state index contributed by atoms with van der Waals surface area (Å²) in [5.74, 6) is 0.391. The van der Waals surface area contributed by atoms with Gasteiger partial charge in [0.25, 0.3) is 11.2 Å². The van der Waals surface area contributed by atoms with Gasteiger partial charge in [-0.25, -0.2) is 4.98 Å². The molecule has 0 unspecified atom stereocenters. The SMILES string of the molecule is O=c1c2sccc2nc(SCc2cccc([N+](=O)[O-])c2)n1-c1cccc(Cl)c1Cl. The van der Waals surface area contributed by atoms with Crippen molar-refractivity contribution in [2.75, 3.05) is 0 Å². The van der Waals surface area contributed by atoms with Crippen LogP contribution in [0.4, 0.5) is 5.69 Å². The van der Waals surface area contributed by atoms with Gasteiger partial charge >= 0.3 is 0 Å². The molecule has 0 atom stereocenters. The van der Waals surface area contributed by atoms with Crippen molar-refractivity contribution in [3.63, 3.8) is 0 Å². The Morgan fingerprint density at radius 1 is 1.17 bits per heavy atom. The minimum atomic E-state index is -0.439. The Hall–Kier alpha value is -2.39. The molecule has 6 nitrogen and oxygen atoms in total. The second kappa shape index (κ2) is 8.16. The molecular formula is C19H11Cl2N3O3S2. The molecule has 0 aliphatic rings. The first kappa shape index (κ1) is 19.9. The molecule has 0 aliphatic carbocycles. The molecule has 0 amide bonds. The Bertz CT molecular complexity index is 1300. The highest BCUT2D eigenvalue weighted by Crippen LogP contribution is 2.32. The summed E-state index contributed by atoms with van der Waals surface area (Å²) in [4.78, 5) is 28.3. The Kier molecular flexibility index (Phi) is 5.60. The van der Waals surface area contributed by atoms with Crippen molar-refractivity contribution >= 4 is 62.2 Å². The average molecular weight is 464 g/mol. The van der Waals surface area contributed by atoms with Crippen LogP contribution in [0.1, 0.15) is 5.56 Å². The predicted octanol–water partition coefficient (Wildman–Crippen LogP) is 5.95. The van der Waals surface area contributed by atoms with Crippen LogP contribution in [0.25, 0.3) is 15.9 Å². The standard InChI is InChI=1S/C19H11Cl2N3O3S2/c20-13-5-2-6-15(16(13)21)23-18(25)17-14(7-8-28-17)22-19(23)29-10-11-3-1-4-12(9-11)24(26)27/h1-9H,10H2. The maximum absolute atomic E-state index is 13.2. The van der Waals surface area contributed by atoms with Gasteiger partial charge in [0.15, 0.2) is 5.16 Å². The number of benzene rings is 2. The van der Waals surface area contributed by atoms with Crippen molar-refractivity contribution in [2.45, 2.75) is 10.9 Å². The molecule has 2 heterocycles. The van der Waals surface area contributed by atoms with Gasteiger partial charge in [-0.15, -0.1) is 11.3 Å². The summed E-state index contributed by atoms with van der Waals surface area (Å²) in [6.45, 7) is 0. The molecule has 0 spiro atoms. The number of nitro groups is 1. The van der Waals surface area contributed by atoms with E-state index in [1.54, 1.807) is 41.8 Å². The number of hydrogen-bond acceptors (Lipinski definition) is 6. The van der Waals surface area contributed by atoms with E-state index in [2.05, 4.69) is 4.98 Å². The van der Waals surface area contributed by atoms with E-state index in [1.165, 1.54) is 39.8 Å². The lowest BCUT2D eigenvalue weighted by Crippen LogP contribution is -2.21. The summed E-state index contributed by atoms with van der Waals surface area (Å²) in [6, 6.07) is 13.2. The lowest BCUT2D eigenvalue weighted by Gasteiger charge is -2.14. The van der Waals surface area contributed by atoms with Crippen molar-refractivity contribution in [3.8, 4) is 5.69 Å². The summed E-state index contributed by atoms with van der Waals surface area (Å²) in [6.07, 6.45) is 0. The van der Waals surface area contributed by atoms with Crippen molar-refractivity contribution < 1.29 is 4.92 Å². The molecule has 4 rings (SSSR count). The van der Waals surface area contributed by atoms with Crippen molar-refractivity contribution in [3.05, 3.63) is 90.0 Å². The lowest BCUT2D eigenvalue weighted by atomic mass is 10.2. The van der Waals surface area contributed by atoms with E-state index in [0.717, 1.165) is 5.56 Å². The van der Waals surface area contributed by atoms with Gasteiger partial charge in [-0.1, -0.05) is 53.2 Å². The van der Waals surface area contributed by atoms with E-state index < -0.39 is 4.92 Å². The molecule has 10 heteroatoms. The minimum absolute atomic E-state index is 0.0135. The van der Waals surface area contributed by atoms with E-state index in [1.807, 2.05) is 0 Å². The second-order valence-corrected chi connectivity index (χ2v) is 8.60. The molecule has 0 saturated carbocycles. The molecule has 4 aromatic rings. The van der Waals surface area contributed by atoms with Crippen LogP contribution in [0.2, 0.25) is 10.0 Å². The van der Waals surface area contributed by atoms with E-state index >= 15 is 0 Å². The van der Waals surface area contributed by atoms with Crippen LogP contribution in [0.5, 0.6) is 0 Å². The monoisotopic (exact) mass is 463 g/mol. The van der Waals surface area contributed by atoms with Gasteiger partial charge in [0.05, 0.1) is 26.2 Å². The van der Waals surface area contributed by atoms with Crippen LogP contribution in [0.3, 0.4) is 0 Å². The number of rotatable bonds is 5. The molecule has 0 radical (unpaired) electrons. The van der Waals surface area contributed by atoms with E-state index in [-0.39, 0.29) is 16.3 Å². The number of thioether (sulfide) groups is 1. The van der Waals surface area contributed by atoms with Gasteiger partial charge in [-0.05, 0) is 29.1 Å². The summed E-state index contributed by atoms with van der Waals surface area (Å²) in [5, 5.41) is 13.8. The van der Waals surface area contributed by atoms with Crippen LogP contribution < -0.4 is 5.56 Å². The molecule has 146 valence electrons. The zero-order valence-corrected chi connectivity index (χ0v) is 17.7. The minimum Gasteiger partial charge on any atom is -0.267 e. The van der Waals surface area contributed by atoms with Gasteiger partial charge < -0.3 is 0 Å². The van der Waals surface area contributed by atoms with Crippen LogP contribution in [0.15, 0.2) is 63.9 Å². The fraction of sp³-hybridized carbons (Fsp3) is 0.0526. The molecule has 2 aromatic heterocycles. The fourth-order valence-corrected chi connectivity index (χ4v) is 4.86. The summed E-state index contributed by atoms with van der Waals surface area (Å²) in [5.41, 5.74) is 1.55. The van der Waals surface area contributed by atoms with E-state index in [4.69, 9.17) is 23.2 Å². The molecule has 0 saturated heterocycles. The summed E-state index contributed by atoms with van der Waals surface area (Å²) < 4.78 is 1.95. The zero-order valence-electron chi connectivity index (χ0n) is 14.5. The van der Waals surface area contributed by atoms with Crippen LogP contribution >= 0.6 is 46.3 Å². The van der Waals surface area contributed by atoms with E-state index in [0.29, 0.717) is 31.8 Å². The highest BCUT2D eigenvalue weighted by atomic mass is 35.5. The normalized spacial score (nSPS) is 11.1. The van der Waals surface area contributed by atoms with Gasteiger partial charge in [-0.3, -0.25) is 19.5 Å². The quantitative estimate of drug-likeness (QED) is 0.158. The molecule has 0 bridgehead atoms. The predicted molar refractivity (Wildman–Crippen MR) is 118 cm³/mol. The summed E-state index contributed by atoms with van der Waals surface area (Å²) in [7, 11) is 0. The van der Waals surface area contributed by atoms with Crippen LogP contribution in [0, 0.1) is 10.1 Å². The van der Waals surface area contributed by atoms with Crippen molar-refractivity contribution in [1.82, 2.24) is 9.55 Å². The lowest BCUT2D eigenvalue weighted by molar-refractivity contribution is -0.384. The van der Waals surface area contributed by atoms with Crippen LogP contribution in [-0.4, -0.2) is 14.5 Å². The number of fused-ring (bicyclic) bond motifs is 1. The van der Waals surface area contributed by atoms with Gasteiger partial charge in [0, 0.05) is 17.9 Å². The zero-order chi connectivity index (χ0) is 20.5. The maximum Gasteiger partial charge on any atom is 0.276 e. The molecule has 2 aromatic carbocycles. The first-order valence-corrected chi connectivity index (χ1v) is 10.9. The fourth-order valence-electron chi connectivity index (χ4n) is 2.77. The van der Waals surface area contributed by atoms with Gasteiger partial charge in [-0.2, -0.15) is 0 Å². The number of non-ortho nitro benzene ring substituents is 1. The third-order valence-electron chi connectivity index (χ3n) is 4.11. The highest BCUT2D eigenvalue weighted by Gasteiger charge is 2.18. The Morgan fingerprint density at radius 2 is 1.97 bits per heavy atom. The molecule has 29 heavy (non-hydrogen) atoms. The Labute approximate surface area is 182 Å². The second-order valence-electron chi connectivity index (χ2n) is 5.96. The van der Waals surface area contributed by atoms with Gasteiger partial charge in [0.2, 0.25) is 0 Å². The molecule has 0 N–H and O–H groups in total. The number of nitro benzene ring substituents is 1. The van der Waals surface area contributed by atoms with Gasteiger partial charge in [0.1, 0.15) is 4.70 Å². The Balaban J connectivity index is 1.81. The summed E-state index contributed by atoms with van der Waals surface area (Å²) >= 11 is 15.1. The molecular weight excluding hydrogens is 453 g/mol. The number of hydrogen-bond donors (Lipinski definition) is 0. The van der Waals surface area contributed by atoms with Crippen molar-refractivity contribution in [2.24, 2.45) is 0 Å².